The Morgan fingerprint density at radius 3 is 2.42 bits per heavy atom. The molecular weight excluding hydrogens is 330 g/mol. The third-order valence-corrected chi connectivity index (χ3v) is 3.70. The van der Waals surface area contributed by atoms with E-state index < -0.39 is 18.5 Å². The molecule has 0 heterocycles. The Kier molecular flexibility index (Phi) is 5.95. The number of aliphatic hydroxyl groups is 1. The minimum atomic E-state index is -0.610. The van der Waals surface area contributed by atoms with Gasteiger partial charge in [-0.15, -0.1) is 0 Å². The van der Waals surface area contributed by atoms with E-state index in [-0.39, 0.29) is 6.61 Å². The lowest BCUT2D eigenvalue weighted by Gasteiger charge is -2.12. The van der Waals surface area contributed by atoms with E-state index in [0.717, 1.165) is 11.1 Å². The molecule has 0 unspecified atom stereocenters. The number of hydrogen-bond acceptors (Lipinski definition) is 4. The van der Waals surface area contributed by atoms with Crippen LogP contribution in [0.3, 0.4) is 0 Å². The Balaban J connectivity index is 1.94. The van der Waals surface area contributed by atoms with E-state index in [0.29, 0.717) is 21.8 Å². The summed E-state index contributed by atoms with van der Waals surface area (Å²) < 4.78 is 4.98. The summed E-state index contributed by atoms with van der Waals surface area (Å²) in [6.07, 6.45) is 0. The van der Waals surface area contributed by atoms with Gasteiger partial charge < -0.3 is 15.2 Å². The number of esters is 1. The van der Waals surface area contributed by atoms with E-state index in [9.17, 15) is 9.59 Å². The normalized spacial score (nSPS) is 10.3. The zero-order valence-electron chi connectivity index (χ0n) is 13.4. The van der Waals surface area contributed by atoms with Gasteiger partial charge in [-0.25, -0.2) is 4.79 Å². The number of benzene rings is 2. The number of anilines is 1. The first-order valence-electron chi connectivity index (χ1n) is 7.34. The van der Waals surface area contributed by atoms with Gasteiger partial charge in [0.1, 0.15) is 0 Å². The number of amides is 1. The largest absolute Gasteiger partial charge is 0.452 e. The minimum Gasteiger partial charge on any atom is -0.452 e. The first kappa shape index (κ1) is 18.0. The molecule has 2 N–H and O–H groups in total. The van der Waals surface area contributed by atoms with Crippen molar-refractivity contribution in [2.75, 3.05) is 11.9 Å². The van der Waals surface area contributed by atoms with Crippen molar-refractivity contribution in [1.29, 1.82) is 0 Å². The van der Waals surface area contributed by atoms with E-state index in [4.69, 9.17) is 21.4 Å². The number of halogens is 1. The van der Waals surface area contributed by atoms with Crippen LogP contribution in [-0.2, 0) is 16.1 Å². The van der Waals surface area contributed by atoms with E-state index in [1.807, 2.05) is 19.9 Å². The van der Waals surface area contributed by atoms with E-state index in [1.165, 1.54) is 12.1 Å². The number of hydrogen-bond donors (Lipinski definition) is 2. The zero-order valence-corrected chi connectivity index (χ0v) is 14.2. The molecule has 0 spiro atoms. The van der Waals surface area contributed by atoms with Gasteiger partial charge in [-0.3, -0.25) is 4.79 Å². The first-order chi connectivity index (χ1) is 11.4. The number of rotatable bonds is 5. The van der Waals surface area contributed by atoms with E-state index in [2.05, 4.69) is 5.32 Å². The fraction of sp³-hybridized carbons (Fsp3) is 0.222. The molecule has 0 saturated carbocycles. The summed E-state index contributed by atoms with van der Waals surface area (Å²) in [5, 5.41) is 12.1. The SMILES string of the molecule is Cc1cc(C)c(NC(=O)COC(=O)c2ccc(CO)cc2)c(Cl)c1. The topological polar surface area (TPSA) is 75.6 Å². The van der Waals surface area contributed by atoms with Crippen LogP contribution in [0.5, 0.6) is 0 Å². The quantitative estimate of drug-likeness (QED) is 0.814. The van der Waals surface area contributed by atoms with Crippen LogP contribution < -0.4 is 5.32 Å². The van der Waals surface area contributed by atoms with Crippen LogP contribution in [0.25, 0.3) is 0 Å². The summed E-state index contributed by atoms with van der Waals surface area (Å²) in [6, 6.07) is 9.95. The van der Waals surface area contributed by atoms with E-state index in [1.54, 1.807) is 18.2 Å². The smallest absolute Gasteiger partial charge is 0.338 e. The molecule has 2 aromatic carbocycles. The van der Waals surface area contributed by atoms with Gasteiger partial charge in [0.05, 0.1) is 22.9 Å². The van der Waals surface area contributed by atoms with Crippen LogP contribution in [0.4, 0.5) is 5.69 Å². The van der Waals surface area contributed by atoms with Gasteiger partial charge in [-0.2, -0.15) is 0 Å². The van der Waals surface area contributed by atoms with Gasteiger partial charge in [0, 0.05) is 0 Å². The van der Waals surface area contributed by atoms with Crippen molar-refractivity contribution in [3.8, 4) is 0 Å². The van der Waals surface area contributed by atoms with Crippen molar-refractivity contribution < 1.29 is 19.4 Å². The lowest BCUT2D eigenvalue weighted by atomic mass is 10.1. The monoisotopic (exact) mass is 347 g/mol. The van der Waals surface area contributed by atoms with Gasteiger partial charge in [0.2, 0.25) is 0 Å². The first-order valence-corrected chi connectivity index (χ1v) is 7.72. The number of aryl methyl sites for hydroxylation is 2. The van der Waals surface area contributed by atoms with Crippen LogP contribution >= 0.6 is 11.6 Å². The fourth-order valence-electron chi connectivity index (χ4n) is 2.21. The van der Waals surface area contributed by atoms with Crippen LogP contribution in [0, 0.1) is 13.8 Å². The van der Waals surface area contributed by atoms with Crippen LogP contribution in [0.1, 0.15) is 27.0 Å². The molecule has 0 bridgehead atoms. The third-order valence-electron chi connectivity index (χ3n) is 3.40. The molecule has 2 rings (SSSR count). The Morgan fingerprint density at radius 2 is 1.83 bits per heavy atom. The molecule has 1 amide bonds. The molecule has 0 aromatic heterocycles. The molecule has 2 aromatic rings. The van der Waals surface area contributed by atoms with Gasteiger partial charge in [-0.05, 0) is 48.7 Å². The molecule has 0 aliphatic rings. The molecule has 0 fully saturated rings. The molecule has 0 aliphatic heterocycles. The zero-order chi connectivity index (χ0) is 17.7. The lowest BCUT2D eigenvalue weighted by Crippen LogP contribution is -2.21. The summed E-state index contributed by atoms with van der Waals surface area (Å²) >= 11 is 6.12. The van der Waals surface area contributed by atoms with E-state index >= 15 is 0 Å². The second-order valence-electron chi connectivity index (χ2n) is 5.42. The third kappa shape index (κ3) is 4.57. The van der Waals surface area contributed by atoms with Crippen molar-refractivity contribution >= 4 is 29.2 Å². The molecule has 24 heavy (non-hydrogen) atoms. The Hall–Kier alpha value is -2.37. The van der Waals surface area contributed by atoms with Crippen molar-refractivity contribution in [2.24, 2.45) is 0 Å². The average molecular weight is 348 g/mol. The number of carbonyl (C=O) groups is 2. The molecule has 126 valence electrons. The predicted molar refractivity (Wildman–Crippen MR) is 92.2 cm³/mol. The van der Waals surface area contributed by atoms with Crippen LogP contribution in [-0.4, -0.2) is 23.6 Å². The highest BCUT2D eigenvalue weighted by Crippen LogP contribution is 2.27. The molecule has 0 radical (unpaired) electrons. The van der Waals surface area contributed by atoms with Gasteiger partial charge >= 0.3 is 5.97 Å². The molecule has 0 saturated heterocycles. The highest BCUT2D eigenvalue weighted by molar-refractivity contribution is 6.34. The second-order valence-corrected chi connectivity index (χ2v) is 5.83. The lowest BCUT2D eigenvalue weighted by molar-refractivity contribution is -0.119. The highest BCUT2D eigenvalue weighted by atomic mass is 35.5. The predicted octanol–water partition coefficient (Wildman–Crippen LogP) is 3.24. The fourth-order valence-corrected chi connectivity index (χ4v) is 2.58. The van der Waals surface area contributed by atoms with Crippen molar-refractivity contribution in [2.45, 2.75) is 20.5 Å². The molecule has 0 atom stereocenters. The number of carbonyl (C=O) groups excluding carboxylic acids is 2. The number of nitrogens with one attached hydrogen (secondary N) is 1. The summed E-state index contributed by atoms with van der Waals surface area (Å²) in [6.45, 7) is 3.23. The molecule has 0 aliphatic carbocycles. The maximum Gasteiger partial charge on any atom is 0.338 e. The Bertz CT molecular complexity index is 733. The number of aliphatic hydroxyl groups excluding tert-OH is 1. The van der Waals surface area contributed by atoms with Crippen LogP contribution in [0.15, 0.2) is 36.4 Å². The summed E-state index contributed by atoms with van der Waals surface area (Å²) in [7, 11) is 0. The number of ether oxygens (including phenoxy) is 1. The van der Waals surface area contributed by atoms with Crippen molar-refractivity contribution in [3.05, 3.63) is 63.7 Å². The standard InChI is InChI=1S/C18H18ClNO4/c1-11-7-12(2)17(15(19)8-11)20-16(22)10-24-18(23)14-5-3-13(9-21)4-6-14/h3-8,21H,9-10H2,1-2H3,(H,20,22). The Morgan fingerprint density at radius 1 is 1.17 bits per heavy atom. The van der Waals surface area contributed by atoms with Gasteiger partial charge in [-0.1, -0.05) is 29.8 Å². The summed E-state index contributed by atoms with van der Waals surface area (Å²) in [5.41, 5.74) is 3.33. The average Bonchev–Trinajstić information content (AvgIpc) is 2.56. The van der Waals surface area contributed by atoms with Crippen molar-refractivity contribution in [1.82, 2.24) is 0 Å². The highest BCUT2D eigenvalue weighted by Gasteiger charge is 2.13. The van der Waals surface area contributed by atoms with Crippen molar-refractivity contribution in [3.63, 3.8) is 0 Å². The van der Waals surface area contributed by atoms with Gasteiger partial charge in [0.25, 0.3) is 5.91 Å². The van der Waals surface area contributed by atoms with Gasteiger partial charge in [0.15, 0.2) is 6.61 Å². The molecule has 5 nitrogen and oxygen atoms in total. The molecule has 6 heteroatoms. The summed E-state index contributed by atoms with van der Waals surface area (Å²) in [4.78, 5) is 23.8. The summed E-state index contributed by atoms with van der Waals surface area (Å²) in [5.74, 6) is -1.08. The minimum absolute atomic E-state index is 0.103. The maximum absolute atomic E-state index is 12.0. The maximum atomic E-state index is 12.0. The van der Waals surface area contributed by atoms with Crippen LogP contribution in [0.2, 0.25) is 5.02 Å². The Labute approximate surface area is 145 Å². The second kappa shape index (κ2) is 7.95. The molecular formula is C18H18ClNO4.